The summed E-state index contributed by atoms with van der Waals surface area (Å²) in [5.41, 5.74) is 3.27. The number of aromatic nitrogens is 2. The van der Waals surface area contributed by atoms with E-state index >= 15 is 0 Å². The monoisotopic (exact) mass is 245 g/mol. The summed E-state index contributed by atoms with van der Waals surface area (Å²) in [5.74, 6) is 0. The summed E-state index contributed by atoms with van der Waals surface area (Å²) in [6.45, 7) is 5.59. The zero-order chi connectivity index (χ0) is 12.8. The molecule has 4 nitrogen and oxygen atoms in total. The number of nitrogens with zero attached hydrogens (tertiary/aromatic N) is 1. The van der Waals surface area contributed by atoms with Crippen LogP contribution in [0.25, 0.3) is 11.3 Å². The highest BCUT2D eigenvalue weighted by molar-refractivity contribution is 5.62. The second kappa shape index (κ2) is 6.21. The van der Waals surface area contributed by atoms with Gasteiger partial charge in [-0.05, 0) is 31.5 Å². The Bertz CT molecular complexity index is 450. The fourth-order valence-corrected chi connectivity index (χ4v) is 1.78. The molecule has 0 saturated heterocycles. The molecular formula is C14H19N3O. The normalized spacial score (nSPS) is 12.3. The first-order valence-corrected chi connectivity index (χ1v) is 6.22. The fraction of sp³-hybridized carbons (Fsp3) is 0.357. The predicted octanol–water partition coefficient (Wildman–Crippen LogP) is 2.91. The average Bonchev–Trinajstić information content (AvgIpc) is 2.91. The van der Waals surface area contributed by atoms with E-state index in [0.717, 1.165) is 30.2 Å². The molecule has 1 aromatic heterocycles. The molecule has 1 heterocycles. The Labute approximate surface area is 107 Å². The summed E-state index contributed by atoms with van der Waals surface area (Å²) in [7, 11) is 0. The van der Waals surface area contributed by atoms with E-state index in [9.17, 15) is 0 Å². The SMILES string of the molecule is CCOCC(C)Nc1ccc(-c2cnc[nH]2)cc1. The quantitative estimate of drug-likeness (QED) is 0.822. The predicted molar refractivity (Wildman–Crippen MR) is 73.6 cm³/mol. The van der Waals surface area contributed by atoms with Crippen molar-refractivity contribution in [1.29, 1.82) is 0 Å². The van der Waals surface area contributed by atoms with Crippen molar-refractivity contribution in [1.82, 2.24) is 9.97 Å². The molecule has 2 aromatic rings. The summed E-state index contributed by atoms with van der Waals surface area (Å²) in [6.07, 6.45) is 3.51. The zero-order valence-electron chi connectivity index (χ0n) is 10.8. The van der Waals surface area contributed by atoms with Gasteiger partial charge in [-0.1, -0.05) is 12.1 Å². The maximum Gasteiger partial charge on any atom is 0.0924 e. The number of H-pyrrole nitrogens is 1. The molecule has 0 aliphatic heterocycles. The number of aromatic amines is 1. The van der Waals surface area contributed by atoms with Gasteiger partial charge in [0, 0.05) is 18.3 Å². The summed E-state index contributed by atoms with van der Waals surface area (Å²) in [6, 6.07) is 8.59. The van der Waals surface area contributed by atoms with E-state index in [1.807, 2.05) is 13.1 Å². The molecule has 1 atom stereocenters. The molecule has 96 valence electrons. The van der Waals surface area contributed by atoms with Gasteiger partial charge in [0.05, 0.1) is 24.8 Å². The highest BCUT2D eigenvalue weighted by Gasteiger charge is 2.02. The van der Waals surface area contributed by atoms with Crippen molar-refractivity contribution in [2.45, 2.75) is 19.9 Å². The van der Waals surface area contributed by atoms with Crippen molar-refractivity contribution in [2.75, 3.05) is 18.5 Å². The van der Waals surface area contributed by atoms with Gasteiger partial charge >= 0.3 is 0 Å². The van der Waals surface area contributed by atoms with Crippen LogP contribution in [-0.2, 0) is 4.74 Å². The van der Waals surface area contributed by atoms with E-state index in [1.165, 1.54) is 0 Å². The van der Waals surface area contributed by atoms with Crippen LogP contribution >= 0.6 is 0 Å². The third-order valence-electron chi connectivity index (χ3n) is 2.68. The van der Waals surface area contributed by atoms with Gasteiger partial charge in [-0.15, -0.1) is 0 Å². The summed E-state index contributed by atoms with van der Waals surface area (Å²) >= 11 is 0. The molecule has 0 aliphatic rings. The molecule has 2 N–H and O–H groups in total. The second-order valence-corrected chi connectivity index (χ2v) is 4.25. The van der Waals surface area contributed by atoms with Crippen LogP contribution in [0.4, 0.5) is 5.69 Å². The Morgan fingerprint density at radius 2 is 2.11 bits per heavy atom. The van der Waals surface area contributed by atoms with Gasteiger partial charge in [0.25, 0.3) is 0 Å². The van der Waals surface area contributed by atoms with Gasteiger partial charge in [0.1, 0.15) is 0 Å². The number of nitrogens with one attached hydrogen (secondary N) is 2. The molecular weight excluding hydrogens is 226 g/mol. The van der Waals surface area contributed by atoms with E-state index in [4.69, 9.17) is 4.74 Å². The molecule has 2 rings (SSSR count). The lowest BCUT2D eigenvalue weighted by atomic mass is 10.1. The first-order chi connectivity index (χ1) is 8.79. The first kappa shape index (κ1) is 12.6. The number of ether oxygens (including phenoxy) is 1. The van der Waals surface area contributed by atoms with E-state index in [0.29, 0.717) is 6.04 Å². The molecule has 18 heavy (non-hydrogen) atoms. The topological polar surface area (TPSA) is 49.9 Å². The second-order valence-electron chi connectivity index (χ2n) is 4.25. The van der Waals surface area contributed by atoms with Crippen molar-refractivity contribution in [3.63, 3.8) is 0 Å². The van der Waals surface area contributed by atoms with Gasteiger partial charge < -0.3 is 15.0 Å². The molecule has 1 unspecified atom stereocenters. The molecule has 0 fully saturated rings. The smallest absolute Gasteiger partial charge is 0.0924 e. The van der Waals surface area contributed by atoms with Crippen LogP contribution in [0, 0.1) is 0 Å². The van der Waals surface area contributed by atoms with Crippen LogP contribution in [0.3, 0.4) is 0 Å². The Balaban J connectivity index is 1.95. The largest absolute Gasteiger partial charge is 0.380 e. The summed E-state index contributed by atoms with van der Waals surface area (Å²) in [5, 5.41) is 3.40. The minimum absolute atomic E-state index is 0.308. The number of imidazole rings is 1. The first-order valence-electron chi connectivity index (χ1n) is 6.22. The molecule has 4 heteroatoms. The highest BCUT2D eigenvalue weighted by Crippen LogP contribution is 2.19. The lowest BCUT2D eigenvalue weighted by Gasteiger charge is -2.15. The van der Waals surface area contributed by atoms with Crippen molar-refractivity contribution < 1.29 is 4.74 Å². The number of benzene rings is 1. The van der Waals surface area contributed by atoms with E-state index in [-0.39, 0.29) is 0 Å². The van der Waals surface area contributed by atoms with Crippen LogP contribution < -0.4 is 5.32 Å². The van der Waals surface area contributed by atoms with Gasteiger partial charge in [-0.2, -0.15) is 0 Å². The molecule has 0 aliphatic carbocycles. The summed E-state index contributed by atoms with van der Waals surface area (Å²) in [4.78, 5) is 7.11. The third-order valence-corrected chi connectivity index (χ3v) is 2.68. The Hall–Kier alpha value is -1.81. The lowest BCUT2D eigenvalue weighted by molar-refractivity contribution is 0.141. The van der Waals surface area contributed by atoms with Crippen LogP contribution in [0.1, 0.15) is 13.8 Å². The Morgan fingerprint density at radius 1 is 1.33 bits per heavy atom. The van der Waals surface area contributed by atoms with Crippen molar-refractivity contribution >= 4 is 5.69 Å². The van der Waals surface area contributed by atoms with Crippen molar-refractivity contribution in [3.8, 4) is 11.3 Å². The minimum atomic E-state index is 0.308. The van der Waals surface area contributed by atoms with Crippen LogP contribution in [0.15, 0.2) is 36.8 Å². The molecule has 1 aromatic carbocycles. The Kier molecular flexibility index (Phi) is 4.36. The maximum absolute atomic E-state index is 5.37. The standard InChI is InChI=1S/C14H19N3O/c1-3-18-9-11(2)17-13-6-4-12(5-7-13)14-8-15-10-16-14/h4-8,10-11,17H,3,9H2,1-2H3,(H,15,16). The van der Waals surface area contributed by atoms with Gasteiger partial charge in [-0.3, -0.25) is 0 Å². The molecule has 0 amide bonds. The van der Waals surface area contributed by atoms with E-state index < -0.39 is 0 Å². The van der Waals surface area contributed by atoms with Gasteiger partial charge in [-0.25, -0.2) is 4.98 Å². The average molecular weight is 245 g/mol. The molecule has 0 radical (unpaired) electrons. The minimum Gasteiger partial charge on any atom is -0.380 e. The number of anilines is 1. The number of rotatable bonds is 6. The van der Waals surface area contributed by atoms with Gasteiger partial charge in [0.2, 0.25) is 0 Å². The van der Waals surface area contributed by atoms with Gasteiger partial charge in [0.15, 0.2) is 0 Å². The lowest BCUT2D eigenvalue weighted by Crippen LogP contribution is -2.21. The summed E-state index contributed by atoms with van der Waals surface area (Å²) < 4.78 is 5.37. The van der Waals surface area contributed by atoms with Crippen LogP contribution in [0.5, 0.6) is 0 Å². The van der Waals surface area contributed by atoms with Crippen molar-refractivity contribution in [3.05, 3.63) is 36.8 Å². The zero-order valence-corrected chi connectivity index (χ0v) is 10.8. The third kappa shape index (κ3) is 3.34. The molecule has 0 spiro atoms. The Morgan fingerprint density at radius 3 is 2.72 bits per heavy atom. The van der Waals surface area contributed by atoms with E-state index in [1.54, 1.807) is 6.33 Å². The fourth-order valence-electron chi connectivity index (χ4n) is 1.78. The molecule has 0 bridgehead atoms. The highest BCUT2D eigenvalue weighted by atomic mass is 16.5. The number of hydrogen-bond donors (Lipinski definition) is 2. The number of hydrogen-bond acceptors (Lipinski definition) is 3. The van der Waals surface area contributed by atoms with Crippen molar-refractivity contribution in [2.24, 2.45) is 0 Å². The molecule has 0 saturated carbocycles. The van der Waals surface area contributed by atoms with E-state index in [2.05, 4.69) is 46.5 Å². The maximum atomic E-state index is 5.37. The van der Waals surface area contributed by atoms with Crippen LogP contribution in [0.2, 0.25) is 0 Å². The van der Waals surface area contributed by atoms with Crippen LogP contribution in [-0.4, -0.2) is 29.2 Å².